The minimum Gasteiger partial charge on any atom is -0.381 e. The molecule has 1 aromatic rings. The second-order valence-electron chi connectivity index (χ2n) is 5.10. The SMILES string of the molecule is CN=C(NCc1ccccn1)NCC1(SC)CCOCC1.I. The number of aromatic nitrogens is 1. The molecule has 5 nitrogen and oxygen atoms in total. The first-order valence-corrected chi connectivity index (χ1v) is 8.48. The number of aliphatic imine (C=N–C) groups is 1. The average Bonchev–Trinajstić information content (AvgIpc) is 2.57. The Bertz CT molecular complexity index is 452. The van der Waals surface area contributed by atoms with Gasteiger partial charge in [0.2, 0.25) is 0 Å². The molecule has 0 bridgehead atoms. The fraction of sp³-hybridized carbons (Fsp3) is 0.600. The summed E-state index contributed by atoms with van der Waals surface area (Å²) in [6, 6.07) is 5.91. The highest BCUT2D eigenvalue weighted by atomic mass is 127. The Kier molecular flexibility index (Phi) is 9.11. The van der Waals surface area contributed by atoms with E-state index in [2.05, 4.69) is 26.9 Å². The predicted molar refractivity (Wildman–Crippen MR) is 104 cm³/mol. The molecule has 124 valence electrons. The Morgan fingerprint density at radius 3 is 2.73 bits per heavy atom. The fourth-order valence-corrected chi connectivity index (χ4v) is 3.13. The first-order valence-electron chi connectivity index (χ1n) is 7.25. The van der Waals surface area contributed by atoms with Crippen LogP contribution >= 0.6 is 35.7 Å². The van der Waals surface area contributed by atoms with E-state index in [1.165, 1.54) is 0 Å². The van der Waals surface area contributed by atoms with Crippen LogP contribution in [0.15, 0.2) is 29.4 Å². The van der Waals surface area contributed by atoms with Crippen LogP contribution in [-0.2, 0) is 11.3 Å². The van der Waals surface area contributed by atoms with Crippen molar-refractivity contribution in [1.82, 2.24) is 15.6 Å². The van der Waals surface area contributed by atoms with E-state index in [0.717, 1.165) is 44.3 Å². The first-order chi connectivity index (χ1) is 10.3. The molecule has 0 aromatic carbocycles. The van der Waals surface area contributed by atoms with Crippen LogP contribution in [0.25, 0.3) is 0 Å². The van der Waals surface area contributed by atoms with Crippen molar-refractivity contribution in [2.45, 2.75) is 24.1 Å². The molecule has 7 heteroatoms. The second kappa shape index (κ2) is 10.3. The number of ether oxygens (including phenoxy) is 1. The van der Waals surface area contributed by atoms with Crippen molar-refractivity contribution in [1.29, 1.82) is 0 Å². The van der Waals surface area contributed by atoms with Gasteiger partial charge in [-0.2, -0.15) is 11.8 Å². The number of guanidine groups is 1. The zero-order valence-electron chi connectivity index (χ0n) is 13.2. The maximum Gasteiger partial charge on any atom is 0.191 e. The highest BCUT2D eigenvalue weighted by Crippen LogP contribution is 2.32. The Morgan fingerprint density at radius 1 is 1.36 bits per heavy atom. The van der Waals surface area contributed by atoms with E-state index in [-0.39, 0.29) is 28.7 Å². The summed E-state index contributed by atoms with van der Waals surface area (Å²) in [5.74, 6) is 0.820. The summed E-state index contributed by atoms with van der Waals surface area (Å²) in [5.41, 5.74) is 1.01. The Morgan fingerprint density at radius 2 is 2.14 bits per heavy atom. The zero-order chi connectivity index (χ0) is 15.0. The molecule has 2 heterocycles. The molecular weight excluding hydrogens is 411 g/mol. The van der Waals surface area contributed by atoms with Gasteiger partial charge in [0.25, 0.3) is 0 Å². The summed E-state index contributed by atoms with van der Waals surface area (Å²) in [7, 11) is 1.80. The van der Waals surface area contributed by atoms with E-state index in [1.54, 1.807) is 13.2 Å². The minimum absolute atomic E-state index is 0. The van der Waals surface area contributed by atoms with Crippen molar-refractivity contribution < 1.29 is 4.74 Å². The van der Waals surface area contributed by atoms with Crippen LogP contribution in [0, 0.1) is 0 Å². The number of hydrogen-bond donors (Lipinski definition) is 2. The Labute approximate surface area is 154 Å². The molecule has 1 aliphatic heterocycles. The molecule has 0 aliphatic carbocycles. The lowest BCUT2D eigenvalue weighted by atomic mass is 9.99. The Balaban J connectivity index is 0.00000242. The van der Waals surface area contributed by atoms with Gasteiger partial charge in [0.1, 0.15) is 0 Å². The van der Waals surface area contributed by atoms with Gasteiger partial charge < -0.3 is 15.4 Å². The molecule has 2 rings (SSSR count). The lowest BCUT2D eigenvalue weighted by Crippen LogP contribution is -2.47. The summed E-state index contributed by atoms with van der Waals surface area (Å²) in [5, 5.41) is 6.74. The summed E-state index contributed by atoms with van der Waals surface area (Å²) in [6.45, 7) is 3.28. The standard InChI is InChI=1S/C15H24N4OS.HI/c1-16-14(18-11-13-5-3-4-8-17-13)19-12-15(21-2)6-9-20-10-7-15;/h3-5,8H,6-7,9-12H2,1-2H3,(H2,16,18,19);1H. The third-order valence-corrected chi connectivity index (χ3v) is 5.22. The highest BCUT2D eigenvalue weighted by molar-refractivity contribution is 14.0. The molecule has 2 N–H and O–H groups in total. The van der Waals surface area contributed by atoms with Crippen molar-refractivity contribution in [2.24, 2.45) is 4.99 Å². The van der Waals surface area contributed by atoms with E-state index in [4.69, 9.17) is 4.74 Å². The lowest BCUT2D eigenvalue weighted by Gasteiger charge is -2.36. The molecule has 0 atom stereocenters. The fourth-order valence-electron chi connectivity index (χ4n) is 2.34. The smallest absolute Gasteiger partial charge is 0.191 e. The van der Waals surface area contributed by atoms with E-state index < -0.39 is 0 Å². The summed E-state index contributed by atoms with van der Waals surface area (Å²) in [4.78, 5) is 8.58. The molecule has 1 fully saturated rings. The maximum atomic E-state index is 5.47. The quantitative estimate of drug-likeness (QED) is 0.422. The van der Waals surface area contributed by atoms with Gasteiger partial charge in [-0.3, -0.25) is 9.98 Å². The van der Waals surface area contributed by atoms with Gasteiger partial charge in [-0.15, -0.1) is 24.0 Å². The minimum atomic E-state index is 0. The van der Waals surface area contributed by atoms with E-state index in [0.29, 0.717) is 6.54 Å². The number of rotatable bonds is 5. The zero-order valence-corrected chi connectivity index (χ0v) is 16.3. The molecule has 1 aromatic heterocycles. The summed E-state index contributed by atoms with van der Waals surface area (Å²) < 4.78 is 5.72. The van der Waals surface area contributed by atoms with Crippen LogP contribution in [0.4, 0.5) is 0 Å². The number of halogens is 1. The van der Waals surface area contributed by atoms with Gasteiger partial charge in [-0.05, 0) is 31.2 Å². The van der Waals surface area contributed by atoms with Gasteiger partial charge in [-0.1, -0.05) is 6.07 Å². The van der Waals surface area contributed by atoms with E-state index in [1.807, 2.05) is 30.0 Å². The summed E-state index contributed by atoms with van der Waals surface area (Å²) in [6.07, 6.45) is 6.14. The third-order valence-electron chi connectivity index (χ3n) is 3.80. The van der Waals surface area contributed by atoms with Crippen LogP contribution in [-0.4, -0.2) is 48.8 Å². The van der Waals surface area contributed by atoms with Gasteiger partial charge in [0.05, 0.1) is 12.2 Å². The number of thioether (sulfide) groups is 1. The Hall–Kier alpha value is -0.540. The predicted octanol–water partition coefficient (Wildman–Crippen LogP) is 2.28. The molecule has 0 radical (unpaired) electrons. The van der Waals surface area contributed by atoms with Gasteiger partial charge >= 0.3 is 0 Å². The lowest BCUT2D eigenvalue weighted by molar-refractivity contribution is 0.0783. The van der Waals surface area contributed by atoms with Gasteiger partial charge in [0, 0.05) is 37.8 Å². The monoisotopic (exact) mass is 436 g/mol. The maximum absolute atomic E-state index is 5.47. The topological polar surface area (TPSA) is 58.5 Å². The molecule has 0 saturated carbocycles. The molecule has 1 saturated heterocycles. The molecule has 0 amide bonds. The molecule has 22 heavy (non-hydrogen) atoms. The summed E-state index contributed by atoms with van der Waals surface area (Å²) >= 11 is 1.92. The van der Waals surface area contributed by atoms with Crippen LogP contribution in [0.5, 0.6) is 0 Å². The van der Waals surface area contributed by atoms with Crippen LogP contribution in [0.1, 0.15) is 18.5 Å². The molecule has 1 aliphatic rings. The van der Waals surface area contributed by atoms with Crippen LogP contribution in [0.2, 0.25) is 0 Å². The van der Waals surface area contributed by atoms with Crippen molar-refractivity contribution >= 4 is 41.7 Å². The van der Waals surface area contributed by atoms with Crippen LogP contribution < -0.4 is 10.6 Å². The largest absolute Gasteiger partial charge is 0.381 e. The third kappa shape index (κ3) is 5.92. The number of pyridine rings is 1. The molecular formula is C15H25IN4OS. The first kappa shape index (κ1) is 19.5. The average molecular weight is 436 g/mol. The molecule has 0 spiro atoms. The second-order valence-corrected chi connectivity index (χ2v) is 6.37. The van der Waals surface area contributed by atoms with Crippen molar-refractivity contribution in [2.75, 3.05) is 33.1 Å². The van der Waals surface area contributed by atoms with Gasteiger partial charge in [0.15, 0.2) is 5.96 Å². The van der Waals surface area contributed by atoms with Crippen molar-refractivity contribution in [3.05, 3.63) is 30.1 Å². The number of nitrogens with zero attached hydrogens (tertiary/aromatic N) is 2. The van der Waals surface area contributed by atoms with E-state index >= 15 is 0 Å². The number of nitrogens with one attached hydrogen (secondary N) is 2. The van der Waals surface area contributed by atoms with Crippen molar-refractivity contribution in [3.63, 3.8) is 0 Å². The van der Waals surface area contributed by atoms with E-state index in [9.17, 15) is 0 Å². The molecule has 0 unspecified atom stereocenters. The van der Waals surface area contributed by atoms with Crippen LogP contribution in [0.3, 0.4) is 0 Å². The number of hydrogen-bond acceptors (Lipinski definition) is 4. The van der Waals surface area contributed by atoms with Crippen molar-refractivity contribution in [3.8, 4) is 0 Å². The highest BCUT2D eigenvalue weighted by Gasteiger charge is 2.31. The normalized spacial score (nSPS) is 17.5. The van der Waals surface area contributed by atoms with Gasteiger partial charge in [-0.25, -0.2) is 0 Å².